The van der Waals surface area contributed by atoms with Gasteiger partial charge in [-0.3, -0.25) is 19.2 Å². The molecule has 16 nitrogen and oxygen atoms in total. The van der Waals surface area contributed by atoms with E-state index in [2.05, 4.69) is 5.32 Å². The van der Waals surface area contributed by atoms with Crippen molar-refractivity contribution in [1.29, 1.82) is 0 Å². The molecule has 3 aliphatic carbocycles. The molecule has 4 N–H and O–H groups in total. The minimum Gasteiger partial charge on any atom is -0.467 e. The topological polar surface area (TPSA) is 234 Å². The largest absolute Gasteiger partial charge is 0.467 e. The molecule has 1 amide bonds. The van der Waals surface area contributed by atoms with Crippen molar-refractivity contribution in [2.75, 3.05) is 6.61 Å². The molecule has 2 bridgehead atoms. The third kappa shape index (κ3) is 7.67. The van der Waals surface area contributed by atoms with Crippen molar-refractivity contribution in [1.82, 2.24) is 5.32 Å². The summed E-state index contributed by atoms with van der Waals surface area (Å²) in [6.07, 6.45) is -9.29. The van der Waals surface area contributed by atoms with Crippen LogP contribution >= 0.6 is 11.8 Å². The normalized spacial score (nSPS) is 33.0. The summed E-state index contributed by atoms with van der Waals surface area (Å²) in [5.41, 5.74) is -7.67. The number of ketones is 1. The number of rotatable bonds is 9. The first-order valence-corrected chi connectivity index (χ1v) is 20.5. The van der Waals surface area contributed by atoms with Gasteiger partial charge in [0.15, 0.2) is 23.6 Å². The van der Waals surface area contributed by atoms with Crippen LogP contribution in [0.3, 0.4) is 0 Å². The summed E-state index contributed by atoms with van der Waals surface area (Å²) in [7, 11) is 0. The van der Waals surface area contributed by atoms with E-state index in [-0.39, 0.29) is 35.5 Å². The predicted octanol–water partition coefficient (Wildman–Crippen LogP) is 4.14. The summed E-state index contributed by atoms with van der Waals surface area (Å²) in [6, 6.07) is 9.34. The molecule has 11 atom stereocenters. The van der Waals surface area contributed by atoms with Gasteiger partial charge in [0.05, 0.1) is 35.9 Å². The van der Waals surface area contributed by atoms with E-state index < -0.39 is 117 Å². The number of amides is 1. The molecule has 2 heterocycles. The van der Waals surface area contributed by atoms with Gasteiger partial charge in [0, 0.05) is 36.9 Å². The number of carbonyl (C=O) groups excluding carboxylic acids is 6. The summed E-state index contributed by atoms with van der Waals surface area (Å²) in [6.45, 7) is 13.3. The van der Waals surface area contributed by atoms with Crippen molar-refractivity contribution < 1.29 is 72.2 Å². The Hall–Kier alpha value is -4.55. The van der Waals surface area contributed by atoms with Gasteiger partial charge in [-0.25, -0.2) is 9.59 Å². The fourth-order valence-corrected chi connectivity index (χ4v) is 10.3. The van der Waals surface area contributed by atoms with Crippen LogP contribution in [0, 0.1) is 16.7 Å². The molecule has 17 heteroatoms. The Morgan fingerprint density at radius 1 is 0.967 bits per heavy atom. The minimum atomic E-state index is -2.39. The van der Waals surface area contributed by atoms with Crippen LogP contribution in [-0.4, -0.2) is 109 Å². The number of esters is 4. The number of ether oxygens (including phenoxy) is 5. The Morgan fingerprint density at radius 2 is 1.63 bits per heavy atom. The molecular weight excluding hydrogens is 803 g/mol. The number of thioether (sulfide) groups is 1. The SMILES string of the molecule is CC(=O)O[C@H]1C(=O)[C@@]2(C)C(C(OC(=O)c3ccccc3)[C@]3(O)C[C@H](OC(=O)[C@H](O)[C@@H](NC(=O)SC(C)(C)C)c4ccco4)C(C)=C1C3(C)C)[C@]1(OC(C)=O)CO[C@@H]1C[C@@H]2O. The number of fused-ring (bicyclic) bond motifs is 5. The molecule has 0 spiro atoms. The van der Waals surface area contributed by atoms with Crippen molar-refractivity contribution >= 4 is 46.7 Å². The summed E-state index contributed by atoms with van der Waals surface area (Å²) in [5, 5.41) is 39.3. The van der Waals surface area contributed by atoms with Gasteiger partial charge in [0.2, 0.25) is 0 Å². The maximum atomic E-state index is 15.4. The van der Waals surface area contributed by atoms with Gasteiger partial charge in [-0.15, -0.1) is 0 Å². The molecule has 6 rings (SSSR count). The Bertz CT molecular complexity index is 2060. The predicted molar refractivity (Wildman–Crippen MR) is 212 cm³/mol. The quantitative estimate of drug-likeness (QED) is 0.158. The first-order chi connectivity index (χ1) is 27.9. The molecule has 326 valence electrons. The Kier molecular flexibility index (Phi) is 12.0. The number of hydrogen-bond donors (Lipinski definition) is 4. The Balaban J connectivity index is 1.54. The fourth-order valence-electron chi connectivity index (χ4n) is 9.57. The van der Waals surface area contributed by atoms with Gasteiger partial charge < -0.3 is 48.7 Å². The summed E-state index contributed by atoms with van der Waals surface area (Å²) in [4.78, 5) is 82.7. The smallest absolute Gasteiger partial charge is 0.338 e. The minimum absolute atomic E-state index is 0.0117. The number of aliphatic hydroxyl groups is 3. The van der Waals surface area contributed by atoms with Crippen LogP contribution in [0.2, 0.25) is 0 Å². The maximum absolute atomic E-state index is 15.4. The monoisotopic (exact) mass is 855 g/mol. The molecule has 3 fully saturated rings. The zero-order chi connectivity index (χ0) is 44.3. The Morgan fingerprint density at radius 3 is 2.18 bits per heavy atom. The molecule has 1 saturated heterocycles. The van der Waals surface area contributed by atoms with Gasteiger partial charge in [-0.1, -0.05) is 64.6 Å². The second-order valence-corrected chi connectivity index (χ2v) is 19.6. The number of furan rings is 1. The first-order valence-electron chi connectivity index (χ1n) is 19.7. The molecular formula is C43H53NO15S. The lowest BCUT2D eigenvalue weighted by atomic mass is 9.44. The average molecular weight is 856 g/mol. The standard InChI is InChI=1S/C43H53NO15S/c1-21-26(57-37(51)31(48)30(25-16-13-17-54-25)44-38(52)60-39(4,5)6)19-43(53)35(58-36(50)24-14-11-10-12-15-24)33-41(9,27(47)18-28-42(33,20-55-28)59-23(3)46)34(49)32(56-22(2)45)29(21)40(43,7)8/h10-17,26-28,30-33,35,47-48,53H,18-20H2,1-9H3,(H,44,52)/t26-,27-,28+,30-,31+,32+,33?,35?,41+,42-,43+/m0/s1. The second-order valence-electron chi connectivity index (χ2n) is 17.8. The lowest BCUT2D eigenvalue weighted by molar-refractivity contribution is -0.346. The first kappa shape index (κ1) is 45.0. The molecule has 2 unspecified atom stereocenters. The molecule has 60 heavy (non-hydrogen) atoms. The van der Waals surface area contributed by atoms with Crippen LogP contribution in [0.1, 0.15) is 97.3 Å². The van der Waals surface area contributed by atoms with E-state index in [1.807, 2.05) is 0 Å². The molecule has 2 aromatic rings. The number of hydrogen-bond acceptors (Lipinski definition) is 16. The van der Waals surface area contributed by atoms with Gasteiger partial charge in [0.25, 0.3) is 5.24 Å². The Labute approximate surface area is 351 Å². The van der Waals surface area contributed by atoms with Gasteiger partial charge >= 0.3 is 23.9 Å². The van der Waals surface area contributed by atoms with Gasteiger partial charge in [-0.05, 0) is 49.3 Å². The zero-order valence-electron chi connectivity index (χ0n) is 35.0. The van der Waals surface area contributed by atoms with Crippen LogP contribution in [0.15, 0.2) is 64.3 Å². The van der Waals surface area contributed by atoms with Crippen molar-refractivity contribution in [2.45, 2.75) is 134 Å². The number of aliphatic hydroxyl groups excluding tert-OH is 2. The molecule has 0 radical (unpaired) electrons. The fraction of sp³-hybridized carbons (Fsp3) is 0.581. The molecule has 1 aliphatic heterocycles. The number of nitrogens with one attached hydrogen (secondary N) is 1. The van der Waals surface area contributed by atoms with E-state index in [9.17, 15) is 39.3 Å². The lowest BCUT2D eigenvalue weighted by Crippen LogP contribution is -2.82. The van der Waals surface area contributed by atoms with Crippen LogP contribution < -0.4 is 5.32 Å². The number of benzene rings is 1. The van der Waals surface area contributed by atoms with Crippen molar-refractivity contribution in [3.63, 3.8) is 0 Å². The molecule has 1 aromatic carbocycles. The van der Waals surface area contributed by atoms with E-state index in [1.165, 1.54) is 44.4 Å². The highest BCUT2D eigenvalue weighted by Crippen LogP contribution is 2.64. The van der Waals surface area contributed by atoms with Crippen molar-refractivity contribution in [3.8, 4) is 0 Å². The number of carbonyl (C=O) groups is 6. The zero-order valence-corrected chi connectivity index (χ0v) is 35.8. The third-order valence-corrected chi connectivity index (χ3v) is 13.4. The third-order valence-electron chi connectivity index (χ3n) is 12.5. The summed E-state index contributed by atoms with van der Waals surface area (Å²) in [5.74, 6) is -6.27. The van der Waals surface area contributed by atoms with Crippen molar-refractivity contribution in [3.05, 3.63) is 71.2 Å². The van der Waals surface area contributed by atoms with Gasteiger partial charge in [-0.2, -0.15) is 0 Å². The van der Waals surface area contributed by atoms with E-state index >= 15 is 4.79 Å². The molecule has 1 aromatic heterocycles. The van der Waals surface area contributed by atoms with E-state index in [4.69, 9.17) is 28.1 Å². The molecule has 4 aliphatic rings. The van der Waals surface area contributed by atoms with Crippen LogP contribution in [-0.2, 0) is 42.9 Å². The lowest BCUT2D eigenvalue weighted by Gasteiger charge is -2.67. The van der Waals surface area contributed by atoms with Crippen molar-refractivity contribution in [2.24, 2.45) is 16.7 Å². The highest BCUT2D eigenvalue weighted by molar-refractivity contribution is 8.14. The van der Waals surface area contributed by atoms with E-state index in [0.717, 1.165) is 25.6 Å². The average Bonchev–Trinajstić information content (AvgIpc) is 3.69. The summed E-state index contributed by atoms with van der Waals surface area (Å²) < 4.78 is 35.1. The maximum Gasteiger partial charge on any atom is 0.338 e. The number of Topliss-reactive ketones (excluding diaryl/α,β-unsaturated/α-hetero) is 1. The highest BCUT2D eigenvalue weighted by atomic mass is 32.2. The summed E-state index contributed by atoms with van der Waals surface area (Å²) >= 11 is 0.920. The van der Waals surface area contributed by atoms with E-state index in [1.54, 1.807) is 52.8 Å². The van der Waals surface area contributed by atoms with E-state index in [0.29, 0.717) is 0 Å². The van der Waals surface area contributed by atoms with Crippen LogP contribution in [0.5, 0.6) is 0 Å². The molecule has 2 saturated carbocycles. The highest BCUT2D eigenvalue weighted by Gasteiger charge is 2.78. The van der Waals surface area contributed by atoms with Crippen LogP contribution in [0.25, 0.3) is 0 Å². The van der Waals surface area contributed by atoms with Gasteiger partial charge in [0.1, 0.15) is 35.7 Å². The second kappa shape index (κ2) is 16.0. The van der Waals surface area contributed by atoms with Crippen LogP contribution in [0.4, 0.5) is 4.79 Å².